The molecule has 1 saturated carbocycles. The lowest BCUT2D eigenvalue weighted by atomic mass is 10.0. The first-order valence-corrected chi connectivity index (χ1v) is 9.07. The number of hydrogen-bond donors (Lipinski definition) is 2. The first kappa shape index (κ1) is 19.6. The zero-order valence-corrected chi connectivity index (χ0v) is 15.4. The van der Waals surface area contributed by atoms with Gasteiger partial charge in [-0.25, -0.2) is 8.78 Å². The van der Waals surface area contributed by atoms with Gasteiger partial charge >= 0.3 is 0 Å². The Labute approximate surface area is 149 Å². The molecule has 0 saturated heterocycles. The molecule has 1 aromatic rings. The highest BCUT2D eigenvalue weighted by atomic mass is 19.1. The van der Waals surface area contributed by atoms with Crippen molar-refractivity contribution in [2.24, 2.45) is 10.4 Å². The minimum absolute atomic E-state index is 0.252. The first-order chi connectivity index (χ1) is 12.0. The third kappa shape index (κ3) is 5.96. The number of nitrogens with zero attached hydrogens (tertiary/aromatic N) is 1. The molecule has 6 heteroatoms. The van der Waals surface area contributed by atoms with Crippen LogP contribution in [0.2, 0.25) is 0 Å². The molecular formula is C19H29F2N3O. The minimum Gasteiger partial charge on any atom is -0.382 e. The van der Waals surface area contributed by atoms with Gasteiger partial charge in [0.1, 0.15) is 11.6 Å². The van der Waals surface area contributed by atoms with Gasteiger partial charge in [-0.1, -0.05) is 6.07 Å². The van der Waals surface area contributed by atoms with E-state index in [0.29, 0.717) is 11.5 Å². The highest BCUT2D eigenvalue weighted by Gasteiger charge is 2.41. The van der Waals surface area contributed by atoms with Gasteiger partial charge in [-0.15, -0.1) is 0 Å². The van der Waals surface area contributed by atoms with Crippen LogP contribution in [0.1, 0.15) is 51.6 Å². The van der Waals surface area contributed by atoms with Crippen molar-refractivity contribution in [3.63, 3.8) is 0 Å². The number of nitrogens with one attached hydrogen (secondary N) is 2. The molecule has 0 aliphatic heterocycles. The van der Waals surface area contributed by atoms with Crippen LogP contribution in [0.25, 0.3) is 0 Å². The van der Waals surface area contributed by atoms with Gasteiger partial charge in [0.15, 0.2) is 5.96 Å². The molecule has 1 aliphatic rings. The van der Waals surface area contributed by atoms with Crippen LogP contribution in [0, 0.1) is 17.0 Å². The second-order valence-electron chi connectivity index (χ2n) is 6.67. The molecule has 1 atom stereocenters. The lowest BCUT2D eigenvalue weighted by Gasteiger charge is -2.20. The third-order valence-electron chi connectivity index (χ3n) is 4.64. The molecule has 0 aromatic heterocycles. The summed E-state index contributed by atoms with van der Waals surface area (Å²) in [5, 5.41) is 6.40. The second-order valence-corrected chi connectivity index (χ2v) is 6.67. The Morgan fingerprint density at radius 3 is 2.68 bits per heavy atom. The number of ether oxygens (including phenoxy) is 1. The van der Waals surface area contributed by atoms with Crippen molar-refractivity contribution in [3.05, 3.63) is 35.4 Å². The topological polar surface area (TPSA) is 45.7 Å². The summed E-state index contributed by atoms with van der Waals surface area (Å²) >= 11 is 0. The van der Waals surface area contributed by atoms with E-state index in [0.717, 1.165) is 38.8 Å². The number of benzene rings is 1. The Balaban J connectivity index is 1.97. The van der Waals surface area contributed by atoms with Crippen LogP contribution in [0.5, 0.6) is 0 Å². The number of guanidine groups is 1. The van der Waals surface area contributed by atoms with Crippen molar-refractivity contribution in [2.75, 3.05) is 26.3 Å². The summed E-state index contributed by atoms with van der Waals surface area (Å²) in [6, 6.07) is 3.34. The molecular weight excluding hydrogens is 324 g/mol. The Hall–Kier alpha value is -1.69. The number of aliphatic imine (C=N–C) groups is 1. The predicted molar refractivity (Wildman–Crippen MR) is 96.7 cm³/mol. The van der Waals surface area contributed by atoms with Crippen molar-refractivity contribution in [1.82, 2.24) is 10.6 Å². The van der Waals surface area contributed by atoms with E-state index in [1.807, 2.05) is 20.8 Å². The molecule has 2 rings (SSSR count). The smallest absolute Gasteiger partial charge is 0.191 e. The maximum Gasteiger partial charge on any atom is 0.191 e. The SMILES string of the molecule is CCNC(=NCC1(CCOCC)CC1)NC(C)c1ccc(F)cc1F. The summed E-state index contributed by atoms with van der Waals surface area (Å²) in [5.74, 6) is -0.466. The Morgan fingerprint density at radius 2 is 2.08 bits per heavy atom. The summed E-state index contributed by atoms with van der Waals surface area (Å²) in [6.45, 7) is 8.79. The maximum atomic E-state index is 13.9. The monoisotopic (exact) mass is 353 g/mol. The largest absolute Gasteiger partial charge is 0.382 e. The Morgan fingerprint density at radius 1 is 1.32 bits per heavy atom. The average Bonchev–Trinajstić information content (AvgIpc) is 3.33. The van der Waals surface area contributed by atoms with Gasteiger partial charge in [-0.2, -0.15) is 0 Å². The molecule has 1 unspecified atom stereocenters. The second kappa shape index (κ2) is 9.13. The van der Waals surface area contributed by atoms with Gasteiger partial charge in [0, 0.05) is 37.9 Å². The third-order valence-corrected chi connectivity index (χ3v) is 4.64. The standard InChI is InChI=1S/C19H29F2N3O/c1-4-22-18(23-13-19(8-9-19)10-11-25-5-2)24-14(3)16-7-6-15(20)12-17(16)21/h6-7,12,14H,4-5,8-11,13H2,1-3H3,(H2,22,23,24). The normalized spacial score (nSPS) is 17.2. The lowest BCUT2D eigenvalue weighted by molar-refractivity contribution is 0.129. The Bertz CT molecular complexity index is 588. The fourth-order valence-electron chi connectivity index (χ4n) is 2.80. The van der Waals surface area contributed by atoms with Gasteiger partial charge in [-0.3, -0.25) is 4.99 Å². The van der Waals surface area contributed by atoms with E-state index in [1.165, 1.54) is 25.0 Å². The molecule has 1 aliphatic carbocycles. The van der Waals surface area contributed by atoms with Gasteiger partial charge in [0.25, 0.3) is 0 Å². The summed E-state index contributed by atoms with van der Waals surface area (Å²) < 4.78 is 32.5. The predicted octanol–water partition coefficient (Wildman–Crippen LogP) is 3.79. The fraction of sp³-hybridized carbons (Fsp3) is 0.632. The number of halogens is 2. The van der Waals surface area contributed by atoms with E-state index in [2.05, 4.69) is 15.6 Å². The van der Waals surface area contributed by atoms with E-state index in [-0.39, 0.29) is 11.5 Å². The van der Waals surface area contributed by atoms with E-state index in [1.54, 1.807) is 0 Å². The molecule has 0 radical (unpaired) electrons. The van der Waals surface area contributed by atoms with E-state index >= 15 is 0 Å². The van der Waals surface area contributed by atoms with Crippen molar-refractivity contribution < 1.29 is 13.5 Å². The lowest BCUT2D eigenvalue weighted by Crippen LogP contribution is -2.39. The summed E-state index contributed by atoms with van der Waals surface area (Å²) in [7, 11) is 0. The molecule has 0 heterocycles. The van der Waals surface area contributed by atoms with Gasteiger partial charge in [0.05, 0.1) is 6.04 Å². The summed E-state index contributed by atoms with van der Waals surface area (Å²) in [6.07, 6.45) is 3.36. The van der Waals surface area contributed by atoms with Gasteiger partial charge in [-0.05, 0) is 51.5 Å². The van der Waals surface area contributed by atoms with E-state index in [4.69, 9.17) is 4.74 Å². The van der Waals surface area contributed by atoms with Crippen LogP contribution in [-0.4, -0.2) is 32.3 Å². The van der Waals surface area contributed by atoms with Crippen LogP contribution in [0.3, 0.4) is 0 Å². The zero-order valence-electron chi connectivity index (χ0n) is 15.4. The summed E-state index contributed by atoms with van der Waals surface area (Å²) in [5.41, 5.74) is 0.673. The Kier molecular flexibility index (Phi) is 7.17. The van der Waals surface area contributed by atoms with E-state index in [9.17, 15) is 8.78 Å². The number of hydrogen-bond acceptors (Lipinski definition) is 2. The van der Waals surface area contributed by atoms with Crippen molar-refractivity contribution in [3.8, 4) is 0 Å². The average molecular weight is 353 g/mol. The van der Waals surface area contributed by atoms with Crippen molar-refractivity contribution in [1.29, 1.82) is 0 Å². The molecule has 0 bridgehead atoms. The first-order valence-electron chi connectivity index (χ1n) is 9.07. The molecule has 2 N–H and O–H groups in total. The van der Waals surface area contributed by atoms with Gasteiger partial charge < -0.3 is 15.4 Å². The molecule has 0 spiro atoms. The molecule has 1 fully saturated rings. The van der Waals surface area contributed by atoms with E-state index < -0.39 is 11.6 Å². The highest BCUT2D eigenvalue weighted by Crippen LogP contribution is 2.49. The molecule has 1 aromatic carbocycles. The number of rotatable bonds is 9. The maximum absolute atomic E-state index is 13.9. The quantitative estimate of drug-likeness (QED) is 0.403. The molecule has 140 valence electrons. The van der Waals surface area contributed by atoms with Crippen LogP contribution >= 0.6 is 0 Å². The van der Waals surface area contributed by atoms with Crippen LogP contribution < -0.4 is 10.6 Å². The zero-order chi connectivity index (χ0) is 18.3. The van der Waals surface area contributed by atoms with Crippen molar-refractivity contribution in [2.45, 2.75) is 46.1 Å². The molecule has 4 nitrogen and oxygen atoms in total. The fourth-order valence-corrected chi connectivity index (χ4v) is 2.80. The highest BCUT2D eigenvalue weighted by molar-refractivity contribution is 5.80. The van der Waals surface area contributed by atoms with Gasteiger partial charge in [0.2, 0.25) is 0 Å². The van der Waals surface area contributed by atoms with Crippen molar-refractivity contribution >= 4 is 5.96 Å². The van der Waals surface area contributed by atoms with Crippen LogP contribution in [-0.2, 0) is 4.74 Å². The van der Waals surface area contributed by atoms with Crippen LogP contribution in [0.15, 0.2) is 23.2 Å². The minimum atomic E-state index is -0.570. The van der Waals surface area contributed by atoms with Crippen LogP contribution in [0.4, 0.5) is 8.78 Å². The molecule has 25 heavy (non-hydrogen) atoms. The summed E-state index contributed by atoms with van der Waals surface area (Å²) in [4.78, 5) is 4.68. The molecule has 0 amide bonds.